The van der Waals surface area contributed by atoms with Crippen LogP contribution in [0.5, 0.6) is 0 Å². The van der Waals surface area contributed by atoms with E-state index in [0.29, 0.717) is 11.5 Å². The molecule has 0 aliphatic rings. The molecule has 1 heterocycles. The van der Waals surface area contributed by atoms with Crippen molar-refractivity contribution in [3.8, 4) is 6.07 Å². The Kier molecular flexibility index (Phi) is 4.32. The van der Waals surface area contributed by atoms with Gasteiger partial charge in [0.25, 0.3) is 0 Å². The molecule has 0 radical (unpaired) electrons. The first-order chi connectivity index (χ1) is 9.83. The normalized spacial score (nSPS) is 11.3. The summed E-state index contributed by atoms with van der Waals surface area (Å²) >= 11 is 5.83. The number of sulfonamides is 1. The zero-order chi connectivity index (χ0) is 15.6. The number of nitrogens with zero attached hydrogens (tertiary/aromatic N) is 2. The highest BCUT2D eigenvalue weighted by molar-refractivity contribution is 7.89. The number of oxazole rings is 1. The van der Waals surface area contributed by atoms with Gasteiger partial charge in [-0.15, -0.1) is 0 Å². The quantitative estimate of drug-likeness (QED) is 0.930. The first-order valence-corrected chi connectivity index (χ1v) is 7.82. The fourth-order valence-electron chi connectivity index (χ4n) is 1.61. The molecule has 0 spiro atoms. The highest BCUT2D eigenvalue weighted by Crippen LogP contribution is 2.20. The highest BCUT2D eigenvalue weighted by atomic mass is 35.5. The minimum Gasteiger partial charge on any atom is -0.444 e. The molecule has 110 valence electrons. The van der Waals surface area contributed by atoms with Crippen LogP contribution in [0.3, 0.4) is 0 Å². The van der Waals surface area contributed by atoms with Crippen molar-refractivity contribution in [2.75, 3.05) is 0 Å². The minimum atomic E-state index is -3.75. The molecule has 2 aromatic rings. The molecule has 0 bridgehead atoms. The van der Waals surface area contributed by atoms with Crippen molar-refractivity contribution in [1.29, 1.82) is 5.26 Å². The van der Waals surface area contributed by atoms with Gasteiger partial charge in [-0.25, -0.2) is 18.1 Å². The van der Waals surface area contributed by atoms with Crippen molar-refractivity contribution in [3.63, 3.8) is 0 Å². The van der Waals surface area contributed by atoms with E-state index in [1.165, 1.54) is 18.2 Å². The van der Waals surface area contributed by atoms with Crippen LogP contribution in [0.4, 0.5) is 0 Å². The maximum absolute atomic E-state index is 12.1. The van der Waals surface area contributed by atoms with Gasteiger partial charge < -0.3 is 4.42 Å². The molecule has 1 N–H and O–H groups in total. The molecule has 0 unspecified atom stereocenters. The van der Waals surface area contributed by atoms with Crippen molar-refractivity contribution >= 4 is 21.6 Å². The van der Waals surface area contributed by atoms with Gasteiger partial charge in [-0.3, -0.25) is 0 Å². The minimum absolute atomic E-state index is 0.0218. The van der Waals surface area contributed by atoms with E-state index < -0.39 is 10.0 Å². The first kappa shape index (κ1) is 15.5. The van der Waals surface area contributed by atoms with Crippen molar-refractivity contribution < 1.29 is 12.8 Å². The van der Waals surface area contributed by atoms with E-state index in [1.54, 1.807) is 13.8 Å². The van der Waals surface area contributed by atoms with Gasteiger partial charge in [0.1, 0.15) is 11.8 Å². The Bertz CT molecular complexity index is 802. The molecule has 0 saturated heterocycles. The third-order valence-electron chi connectivity index (χ3n) is 2.86. The Hall–Kier alpha value is -1.88. The predicted octanol–water partition coefficient (Wildman–Crippen LogP) is 2.30. The summed E-state index contributed by atoms with van der Waals surface area (Å²) in [7, 11) is -3.75. The van der Waals surface area contributed by atoms with Crippen LogP contribution in [0.25, 0.3) is 0 Å². The van der Waals surface area contributed by atoms with Gasteiger partial charge in [0.15, 0.2) is 0 Å². The number of nitriles is 1. The molecule has 0 amide bonds. The molecule has 8 heteroatoms. The number of nitrogens with one attached hydrogen (secondary N) is 1. The molecule has 0 aliphatic heterocycles. The molecule has 0 aliphatic carbocycles. The van der Waals surface area contributed by atoms with Gasteiger partial charge in [-0.1, -0.05) is 11.6 Å². The Labute approximate surface area is 127 Å². The van der Waals surface area contributed by atoms with Crippen LogP contribution in [0.1, 0.15) is 22.9 Å². The summed E-state index contributed by atoms with van der Waals surface area (Å²) in [5, 5.41) is 8.86. The topological polar surface area (TPSA) is 96.0 Å². The van der Waals surface area contributed by atoms with E-state index in [9.17, 15) is 8.42 Å². The summed E-state index contributed by atoms with van der Waals surface area (Å²) in [5.41, 5.74) is 0.931. The van der Waals surface area contributed by atoms with E-state index in [4.69, 9.17) is 21.3 Å². The molecule has 1 aromatic carbocycles. The third-order valence-corrected chi connectivity index (χ3v) is 4.57. The van der Waals surface area contributed by atoms with E-state index in [2.05, 4.69) is 9.71 Å². The highest BCUT2D eigenvalue weighted by Gasteiger charge is 2.17. The van der Waals surface area contributed by atoms with Crippen molar-refractivity contribution in [3.05, 3.63) is 46.1 Å². The summed E-state index contributed by atoms with van der Waals surface area (Å²) in [6, 6.07) is 5.77. The second-order valence-electron chi connectivity index (χ2n) is 4.33. The molecule has 2 rings (SSSR count). The van der Waals surface area contributed by atoms with Crippen molar-refractivity contribution in [2.24, 2.45) is 0 Å². The maximum atomic E-state index is 12.1. The molecule has 0 fully saturated rings. The summed E-state index contributed by atoms with van der Waals surface area (Å²) in [5.74, 6) is 0.930. The molecule has 0 saturated carbocycles. The molecule has 0 atom stereocenters. The Morgan fingerprint density at radius 3 is 2.67 bits per heavy atom. The molecule has 6 nitrogen and oxygen atoms in total. The van der Waals surface area contributed by atoms with Crippen LogP contribution in [-0.4, -0.2) is 13.4 Å². The van der Waals surface area contributed by atoms with E-state index >= 15 is 0 Å². The molecular formula is C13H12ClN3O3S. The fraction of sp³-hybridized carbons (Fsp3) is 0.231. The number of hydrogen-bond acceptors (Lipinski definition) is 5. The Morgan fingerprint density at radius 1 is 1.43 bits per heavy atom. The van der Waals surface area contributed by atoms with Crippen LogP contribution >= 0.6 is 11.6 Å². The number of halogens is 1. The number of rotatable bonds is 4. The zero-order valence-electron chi connectivity index (χ0n) is 11.3. The van der Waals surface area contributed by atoms with Crippen molar-refractivity contribution in [1.82, 2.24) is 9.71 Å². The molecule has 1 aromatic heterocycles. The summed E-state index contributed by atoms with van der Waals surface area (Å²) in [6.07, 6.45) is 0. The third kappa shape index (κ3) is 3.42. The summed E-state index contributed by atoms with van der Waals surface area (Å²) < 4.78 is 31.9. The summed E-state index contributed by atoms with van der Waals surface area (Å²) in [6.45, 7) is 3.46. The van der Waals surface area contributed by atoms with E-state index in [-0.39, 0.29) is 27.9 Å². The second-order valence-corrected chi connectivity index (χ2v) is 6.50. The van der Waals surface area contributed by atoms with Crippen LogP contribution in [0, 0.1) is 25.2 Å². The fourth-order valence-corrected chi connectivity index (χ4v) is 2.90. The van der Waals surface area contributed by atoms with Gasteiger partial charge in [0.2, 0.25) is 15.9 Å². The average molecular weight is 326 g/mol. The Morgan fingerprint density at radius 2 is 2.14 bits per heavy atom. The maximum Gasteiger partial charge on any atom is 0.241 e. The average Bonchev–Trinajstić information content (AvgIpc) is 2.76. The SMILES string of the molecule is Cc1nc(CNS(=O)(=O)c2ccc(C#N)c(Cl)c2)oc1C. The predicted molar refractivity (Wildman–Crippen MR) is 76.2 cm³/mol. The van der Waals surface area contributed by atoms with Crippen LogP contribution in [0.2, 0.25) is 5.02 Å². The second kappa shape index (κ2) is 5.85. The Balaban J connectivity index is 2.19. The van der Waals surface area contributed by atoms with Crippen LogP contribution in [0.15, 0.2) is 27.5 Å². The van der Waals surface area contributed by atoms with Gasteiger partial charge in [-0.2, -0.15) is 5.26 Å². The number of hydrogen-bond donors (Lipinski definition) is 1. The van der Waals surface area contributed by atoms with Crippen LogP contribution in [-0.2, 0) is 16.6 Å². The number of benzene rings is 1. The van der Waals surface area contributed by atoms with Gasteiger partial charge in [0, 0.05) is 0 Å². The zero-order valence-corrected chi connectivity index (χ0v) is 12.9. The lowest BCUT2D eigenvalue weighted by Crippen LogP contribution is -2.23. The lowest BCUT2D eigenvalue weighted by atomic mass is 10.2. The smallest absolute Gasteiger partial charge is 0.241 e. The van der Waals surface area contributed by atoms with Gasteiger partial charge in [0.05, 0.1) is 27.7 Å². The van der Waals surface area contributed by atoms with Crippen LogP contribution < -0.4 is 4.72 Å². The lowest BCUT2D eigenvalue weighted by molar-refractivity contribution is 0.463. The molecule has 21 heavy (non-hydrogen) atoms. The number of aryl methyl sites for hydroxylation is 2. The first-order valence-electron chi connectivity index (χ1n) is 5.95. The lowest BCUT2D eigenvalue weighted by Gasteiger charge is -2.05. The summed E-state index contributed by atoms with van der Waals surface area (Å²) in [4.78, 5) is 4.07. The van der Waals surface area contributed by atoms with E-state index in [1.807, 2.05) is 6.07 Å². The molecular weight excluding hydrogens is 314 g/mol. The van der Waals surface area contributed by atoms with Gasteiger partial charge in [-0.05, 0) is 32.0 Å². The number of aromatic nitrogens is 1. The monoisotopic (exact) mass is 325 g/mol. The van der Waals surface area contributed by atoms with Crippen molar-refractivity contribution in [2.45, 2.75) is 25.3 Å². The van der Waals surface area contributed by atoms with Gasteiger partial charge >= 0.3 is 0 Å². The van der Waals surface area contributed by atoms with E-state index in [0.717, 1.165) is 0 Å². The standard InChI is InChI=1S/C13H12ClN3O3S/c1-8-9(2)20-13(17-8)7-16-21(18,19)11-4-3-10(6-15)12(14)5-11/h3-5,16H,7H2,1-2H3. The largest absolute Gasteiger partial charge is 0.444 e.